The van der Waals surface area contributed by atoms with Crippen LogP contribution in [0.4, 0.5) is 17.1 Å². The summed E-state index contributed by atoms with van der Waals surface area (Å²) >= 11 is 6.14. The highest BCUT2D eigenvalue weighted by Crippen LogP contribution is 2.26. The molecule has 0 fully saturated rings. The van der Waals surface area contributed by atoms with Gasteiger partial charge in [-0.25, -0.2) is 16.8 Å². The molecule has 0 heterocycles. The summed E-state index contributed by atoms with van der Waals surface area (Å²) < 4.78 is 55.9. The first-order chi connectivity index (χ1) is 17.5. The predicted molar refractivity (Wildman–Crippen MR) is 145 cm³/mol. The Morgan fingerprint density at radius 2 is 1.24 bits per heavy atom. The lowest BCUT2D eigenvalue weighted by Gasteiger charge is -2.12. The topological polar surface area (TPSA) is 121 Å². The van der Waals surface area contributed by atoms with Crippen LogP contribution in [0, 0.1) is 6.92 Å². The molecule has 3 N–H and O–H groups in total. The molecule has 0 aliphatic carbocycles. The summed E-state index contributed by atoms with van der Waals surface area (Å²) in [6.07, 6.45) is 0. The van der Waals surface area contributed by atoms with Gasteiger partial charge in [0.25, 0.3) is 26.0 Å². The molecule has 190 valence electrons. The Morgan fingerprint density at radius 3 is 1.89 bits per heavy atom. The Bertz CT molecular complexity index is 1640. The Balaban J connectivity index is 1.49. The molecule has 0 radical (unpaired) electrons. The van der Waals surface area contributed by atoms with Crippen molar-refractivity contribution in [3.63, 3.8) is 0 Å². The molecule has 4 rings (SSSR count). The minimum atomic E-state index is -4.07. The SMILES string of the molecule is Cc1ccc(NS(=O)(=O)c2cc(C(=O)Nc3ccc(S(=O)(=O)Nc4ccccc4)cc3)ccc2Cl)cc1. The quantitative estimate of drug-likeness (QED) is 0.265. The summed E-state index contributed by atoms with van der Waals surface area (Å²) in [4.78, 5) is 12.6. The Kier molecular flexibility index (Phi) is 7.53. The number of rotatable bonds is 8. The molecule has 0 aromatic heterocycles. The third kappa shape index (κ3) is 6.48. The van der Waals surface area contributed by atoms with Crippen LogP contribution in [-0.2, 0) is 20.0 Å². The van der Waals surface area contributed by atoms with E-state index in [1.165, 1.54) is 42.5 Å². The fraction of sp³-hybridized carbons (Fsp3) is 0.0385. The maximum atomic E-state index is 12.9. The number of halogens is 1. The molecule has 11 heteroatoms. The minimum Gasteiger partial charge on any atom is -0.322 e. The number of amides is 1. The zero-order chi connectivity index (χ0) is 26.6. The zero-order valence-electron chi connectivity index (χ0n) is 19.5. The van der Waals surface area contributed by atoms with E-state index in [4.69, 9.17) is 11.6 Å². The first kappa shape index (κ1) is 26.2. The summed E-state index contributed by atoms with van der Waals surface area (Å²) in [5.41, 5.74) is 2.12. The highest BCUT2D eigenvalue weighted by atomic mass is 35.5. The second kappa shape index (κ2) is 10.6. The number of para-hydroxylation sites is 1. The average Bonchev–Trinajstić information content (AvgIpc) is 2.86. The van der Waals surface area contributed by atoms with Crippen molar-refractivity contribution in [1.82, 2.24) is 0 Å². The van der Waals surface area contributed by atoms with Crippen molar-refractivity contribution in [2.75, 3.05) is 14.8 Å². The van der Waals surface area contributed by atoms with Gasteiger partial charge in [-0.3, -0.25) is 14.2 Å². The van der Waals surface area contributed by atoms with Crippen LogP contribution >= 0.6 is 11.6 Å². The molecule has 0 saturated heterocycles. The van der Waals surface area contributed by atoms with E-state index in [1.54, 1.807) is 54.6 Å². The van der Waals surface area contributed by atoms with Gasteiger partial charge in [-0.1, -0.05) is 47.5 Å². The molecule has 0 atom stereocenters. The number of aryl methyl sites for hydroxylation is 1. The molecular formula is C26H22ClN3O5S2. The molecule has 37 heavy (non-hydrogen) atoms. The van der Waals surface area contributed by atoms with Crippen LogP contribution < -0.4 is 14.8 Å². The van der Waals surface area contributed by atoms with Crippen LogP contribution in [0.1, 0.15) is 15.9 Å². The first-order valence-corrected chi connectivity index (χ1v) is 14.3. The highest BCUT2D eigenvalue weighted by Gasteiger charge is 2.21. The van der Waals surface area contributed by atoms with E-state index in [2.05, 4.69) is 14.8 Å². The van der Waals surface area contributed by atoms with E-state index >= 15 is 0 Å². The van der Waals surface area contributed by atoms with Gasteiger partial charge in [0.1, 0.15) is 4.90 Å². The van der Waals surface area contributed by atoms with Crippen molar-refractivity contribution in [2.45, 2.75) is 16.7 Å². The molecule has 0 unspecified atom stereocenters. The standard InChI is InChI=1S/C26H22ClN3O5S2/c1-18-7-10-22(11-8-18)30-37(34,35)25-17-19(9-16-24(25)27)26(31)28-20-12-14-23(15-13-20)36(32,33)29-21-5-3-2-4-6-21/h2-17,29-30H,1H3,(H,28,31). The average molecular weight is 556 g/mol. The maximum absolute atomic E-state index is 12.9. The number of carbonyl (C=O) groups is 1. The van der Waals surface area contributed by atoms with Crippen LogP contribution in [-0.4, -0.2) is 22.7 Å². The van der Waals surface area contributed by atoms with E-state index in [-0.39, 0.29) is 20.4 Å². The van der Waals surface area contributed by atoms with Gasteiger partial charge in [0.2, 0.25) is 0 Å². The van der Waals surface area contributed by atoms with Gasteiger partial charge in [-0.2, -0.15) is 0 Å². The van der Waals surface area contributed by atoms with Gasteiger partial charge in [0.15, 0.2) is 0 Å². The molecule has 4 aromatic carbocycles. The molecule has 0 aliphatic rings. The number of nitrogens with one attached hydrogen (secondary N) is 3. The number of carbonyl (C=O) groups excluding carboxylic acids is 1. The van der Waals surface area contributed by atoms with Gasteiger partial charge < -0.3 is 5.32 Å². The molecule has 0 aliphatic heterocycles. The van der Waals surface area contributed by atoms with Crippen molar-refractivity contribution in [3.8, 4) is 0 Å². The van der Waals surface area contributed by atoms with E-state index in [9.17, 15) is 21.6 Å². The number of anilines is 3. The third-order valence-corrected chi connectivity index (χ3v) is 8.50. The summed E-state index contributed by atoms with van der Waals surface area (Å²) in [6.45, 7) is 1.88. The van der Waals surface area contributed by atoms with Gasteiger partial charge in [0.05, 0.1) is 9.92 Å². The van der Waals surface area contributed by atoms with Crippen molar-refractivity contribution in [1.29, 1.82) is 0 Å². The van der Waals surface area contributed by atoms with Crippen LogP contribution in [0.25, 0.3) is 0 Å². The highest BCUT2D eigenvalue weighted by molar-refractivity contribution is 7.93. The van der Waals surface area contributed by atoms with E-state index in [1.807, 2.05) is 6.92 Å². The monoisotopic (exact) mass is 555 g/mol. The largest absolute Gasteiger partial charge is 0.322 e. The van der Waals surface area contributed by atoms with E-state index in [0.717, 1.165) is 5.56 Å². The van der Waals surface area contributed by atoms with Crippen molar-refractivity contribution >= 4 is 54.6 Å². The minimum absolute atomic E-state index is 0.0106. The number of sulfonamides is 2. The molecule has 1 amide bonds. The third-order valence-electron chi connectivity index (χ3n) is 5.24. The second-order valence-electron chi connectivity index (χ2n) is 8.07. The maximum Gasteiger partial charge on any atom is 0.263 e. The van der Waals surface area contributed by atoms with Gasteiger partial charge in [0, 0.05) is 22.6 Å². The van der Waals surface area contributed by atoms with Crippen molar-refractivity contribution in [2.24, 2.45) is 0 Å². The fourth-order valence-electron chi connectivity index (χ4n) is 3.32. The van der Waals surface area contributed by atoms with Crippen molar-refractivity contribution < 1.29 is 21.6 Å². The normalized spacial score (nSPS) is 11.5. The van der Waals surface area contributed by atoms with Gasteiger partial charge in [-0.15, -0.1) is 0 Å². The number of hydrogen-bond donors (Lipinski definition) is 3. The fourth-order valence-corrected chi connectivity index (χ4v) is 5.97. The van der Waals surface area contributed by atoms with Gasteiger partial charge >= 0.3 is 0 Å². The number of benzene rings is 4. The summed E-state index contributed by atoms with van der Waals surface area (Å²) in [6, 6.07) is 24.7. The van der Waals surface area contributed by atoms with Gasteiger partial charge in [-0.05, 0) is 73.7 Å². The van der Waals surface area contributed by atoms with Crippen LogP contribution in [0.5, 0.6) is 0 Å². The smallest absolute Gasteiger partial charge is 0.263 e. The molecule has 8 nitrogen and oxygen atoms in total. The number of hydrogen-bond acceptors (Lipinski definition) is 5. The Morgan fingerprint density at radius 1 is 0.676 bits per heavy atom. The first-order valence-electron chi connectivity index (χ1n) is 10.9. The Hall–Kier alpha value is -3.86. The van der Waals surface area contributed by atoms with Crippen molar-refractivity contribution in [3.05, 3.63) is 113 Å². The molecule has 0 saturated carbocycles. The van der Waals surface area contributed by atoms with E-state index < -0.39 is 26.0 Å². The molecular weight excluding hydrogens is 534 g/mol. The van der Waals surface area contributed by atoms with E-state index in [0.29, 0.717) is 17.1 Å². The second-order valence-corrected chi connectivity index (χ2v) is 11.8. The Labute approximate surface area is 220 Å². The molecule has 4 aromatic rings. The summed E-state index contributed by atoms with van der Waals surface area (Å²) in [7, 11) is -7.89. The molecule has 0 bridgehead atoms. The molecule has 0 spiro atoms. The predicted octanol–water partition coefficient (Wildman–Crippen LogP) is 5.50. The summed E-state index contributed by atoms with van der Waals surface area (Å²) in [5.74, 6) is -0.596. The zero-order valence-corrected chi connectivity index (χ0v) is 21.9. The van der Waals surface area contributed by atoms with Crippen LogP contribution in [0.3, 0.4) is 0 Å². The van der Waals surface area contributed by atoms with Crippen LogP contribution in [0.15, 0.2) is 107 Å². The lowest BCUT2D eigenvalue weighted by atomic mass is 10.2. The lowest BCUT2D eigenvalue weighted by molar-refractivity contribution is 0.102. The summed E-state index contributed by atoms with van der Waals surface area (Å²) in [5, 5.41) is 2.58. The lowest BCUT2D eigenvalue weighted by Crippen LogP contribution is -2.16. The van der Waals surface area contributed by atoms with Crippen LogP contribution in [0.2, 0.25) is 5.02 Å².